The zero-order chi connectivity index (χ0) is 18.1. The van der Waals surface area contributed by atoms with Crippen molar-refractivity contribution in [2.24, 2.45) is 11.8 Å². The third-order valence-corrected chi connectivity index (χ3v) is 5.69. The van der Waals surface area contributed by atoms with Crippen LogP contribution in [-0.4, -0.2) is 29.2 Å². The van der Waals surface area contributed by atoms with Crippen LogP contribution in [0.15, 0.2) is 12.1 Å². The maximum atomic E-state index is 12.4. The lowest BCUT2D eigenvalue weighted by Crippen LogP contribution is -2.33. The molecule has 134 valence electrons. The first-order valence-corrected chi connectivity index (χ1v) is 9.22. The molecule has 1 saturated carbocycles. The number of likely N-dealkylation sites (tertiary alicyclic amines) is 1. The first kappa shape index (κ1) is 18.5. The van der Waals surface area contributed by atoms with Crippen LogP contribution in [0, 0.1) is 11.8 Å². The summed E-state index contributed by atoms with van der Waals surface area (Å²) in [5.74, 6) is -1.29. The SMILES string of the molecule is O=C(CCN1C(=O)[C@H]2CCCC[C@H]2C1=O)Oc1cc(Cl)c(Cl)cc1Cl. The van der Waals surface area contributed by atoms with Crippen LogP contribution in [0.4, 0.5) is 0 Å². The molecule has 1 aliphatic carbocycles. The van der Waals surface area contributed by atoms with E-state index >= 15 is 0 Å². The molecule has 3 rings (SSSR count). The zero-order valence-electron chi connectivity index (χ0n) is 13.3. The van der Waals surface area contributed by atoms with E-state index in [-0.39, 0.29) is 57.4 Å². The van der Waals surface area contributed by atoms with E-state index in [1.165, 1.54) is 17.0 Å². The summed E-state index contributed by atoms with van der Waals surface area (Å²) in [6.45, 7) is 0.0163. The highest BCUT2D eigenvalue weighted by Crippen LogP contribution is 2.38. The first-order valence-electron chi connectivity index (χ1n) is 8.09. The molecule has 8 heteroatoms. The van der Waals surface area contributed by atoms with Crippen molar-refractivity contribution in [2.45, 2.75) is 32.1 Å². The minimum atomic E-state index is -0.601. The van der Waals surface area contributed by atoms with E-state index in [4.69, 9.17) is 39.5 Å². The molecule has 1 saturated heterocycles. The second kappa shape index (κ2) is 7.52. The predicted octanol–water partition coefficient (Wildman–Crippen LogP) is 4.12. The Kier molecular flexibility index (Phi) is 5.56. The summed E-state index contributed by atoms with van der Waals surface area (Å²) in [6, 6.07) is 2.73. The van der Waals surface area contributed by atoms with Gasteiger partial charge in [0.2, 0.25) is 11.8 Å². The van der Waals surface area contributed by atoms with Crippen LogP contribution in [0.1, 0.15) is 32.1 Å². The molecule has 0 spiro atoms. The van der Waals surface area contributed by atoms with Gasteiger partial charge in [-0.25, -0.2) is 0 Å². The lowest BCUT2D eigenvalue weighted by molar-refractivity contribution is -0.141. The molecule has 0 aromatic heterocycles. The van der Waals surface area contributed by atoms with Crippen molar-refractivity contribution in [2.75, 3.05) is 6.54 Å². The van der Waals surface area contributed by atoms with Gasteiger partial charge in [0.05, 0.1) is 33.3 Å². The largest absolute Gasteiger partial charge is 0.425 e. The number of fused-ring (bicyclic) bond motifs is 1. The average molecular weight is 405 g/mol. The number of carbonyl (C=O) groups excluding carboxylic acids is 3. The number of nitrogens with zero attached hydrogens (tertiary/aromatic N) is 1. The minimum absolute atomic E-state index is 0.0163. The number of esters is 1. The molecule has 0 unspecified atom stereocenters. The maximum Gasteiger partial charge on any atom is 0.313 e. The fraction of sp³-hybridized carbons (Fsp3) is 0.471. The number of imide groups is 1. The molecule has 1 aliphatic heterocycles. The summed E-state index contributed by atoms with van der Waals surface area (Å²) in [4.78, 5) is 37.9. The molecule has 1 aromatic carbocycles. The molecule has 2 fully saturated rings. The number of amides is 2. The van der Waals surface area contributed by atoms with E-state index in [9.17, 15) is 14.4 Å². The highest BCUT2D eigenvalue weighted by molar-refractivity contribution is 6.43. The Morgan fingerprint density at radius 2 is 1.56 bits per heavy atom. The lowest BCUT2D eigenvalue weighted by Gasteiger charge is -2.19. The van der Waals surface area contributed by atoms with E-state index in [1.807, 2.05) is 0 Å². The van der Waals surface area contributed by atoms with Crippen LogP contribution < -0.4 is 4.74 Å². The van der Waals surface area contributed by atoms with Gasteiger partial charge in [0.1, 0.15) is 0 Å². The summed E-state index contributed by atoms with van der Waals surface area (Å²) < 4.78 is 5.17. The molecule has 0 bridgehead atoms. The summed E-state index contributed by atoms with van der Waals surface area (Å²) in [6.07, 6.45) is 3.31. The molecule has 2 aliphatic rings. The molecule has 2 amide bonds. The zero-order valence-corrected chi connectivity index (χ0v) is 15.5. The van der Waals surface area contributed by atoms with Crippen molar-refractivity contribution >= 4 is 52.6 Å². The van der Waals surface area contributed by atoms with Gasteiger partial charge in [-0.1, -0.05) is 47.6 Å². The number of carbonyl (C=O) groups is 3. The van der Waals surface area contributed by atoms with Crippen molar-refractivity contribution in [1.82, 2.24) is 4.90 Å². The van der Waals surface area contributed by atoms with Crippen LogP contribution in [0.5, 0.6) is 5.75 Å². The molecular formula is C17H16Cl3NO4. The monoisotopic (exact) mass is 403 g/mol. The van der Waals surface area contributed by atoms with Crippen molar-refractivity contribution in [3.05, 3.63) is 27.2 Å². The third kappa shape index (κ3) is 3.78. The Labute approximate surface area is 160 Å². The van der Waals surface area contributed by atoms with Gasteiger partial charge in [-0.15, -0.1) is 0 Å². The van der Waals surface area contributed by atoms with Gasteiger partial charge in [0.25, 0.3) is 0 Å². The molecule has 25 heavy (non-hydrogen) atoms. The van der Waals surface area contributed by atoms with E-state index < -0.39 is 5.97 Å². The van der Waals surface area contributed by atoms with Crippen LogP contribution in [0.3, 0.4) is 0 Å². The summed E-state index contributed by atoms with van der Waals surface area (Å²) in [7, 11) is 0. The van der Waals surface area contributed by atoms with Gasteiger partial charge >= 0.3 is 5.97 Å². The van der Waals surface area contributed by atoms with Crippen molar-refractivity contribution in [1.29, 1.82) is 0 Å². The summed E-state index contributed by atoms with van der Waals surface area (Å²) in [5.41, 5.74) is 0. The Morgan fingerprint density at radius 1 is 1.00 bits per heavy atom. The van der Waals surface area contributed by atoms with Gasteiger partial charge in [-0.3, -0.25) is 19.3 Å². The van der Waals surface area contributed by atoms with Gasteiger partial charge in [-0.05, 0) is 18.9 Å². The number of hydrogen-bond donors (Lipinski definition) is 0. The standard InChI is InChI=1S/C17H16Cl3NO4/c18-11-7-13(20)14(8-12(11)19)25-15(22)5-6-21-16(23)9-3-1-2-4-10(9)17(21)24/h7-10H,1-6H2/t9-,10+. The molecule has 1 aromatic rings. The maximum absolute atomic E-state index is 12.4. The quantitative estimate of drug-likeness (QED) is 0.328. The molecule has 2 atom stereocenters. The van der Waals surface area contributed by atoms with E-state index in [0.717, 1.165) is 25.7 Å². The Balaban J connectivity index is 1.60. The average Bonchev–Trinajstić information content (AvgIpc) is 2.82. The van der Waals surface area contributed by atoms with Crippen molar-refractivity contribution < 1.29 is 19.1 Å². The summed E-state index contributed by atoms with van der Waals surface area (Å²) >= 11 is 17.7. The Hall–Kier alpha value is -1.30. The van der Waals surface area contributed by atoms with Crippen LogP contribution in [-0.2, 0) is 14.4 Å². The summed E-state index contributed by atoms with van der Waals surface area (Å²) in [5, 5.41) is 0.618. The third-order valence-electron chi connectivity index (χ3n) is 4.67. The number of rotatable bonds is 4. The second-order valence-corrected chi connectivity index (χ2v) is 7.47. The van der Waals surface area contributed by atoms with E-state index in [0.29, 0.717) is 0 Å². The smallest absolute Gasteiger partial charge is 0.313 e. The van der Waals surface area contributed by atoms with Crippen LogP contribution in [0.2, 0.25) is 15.1 Å². The fourth-order valence-corrected chi connectivity index (χ4v) is 3.99. The normalized spacial score (nSPS) is 22.9. The number of hydrogen-bond acceptors (Lipinski definition) is 4. The first-order chi connectivity index (χ1) is 11.9. The Morgan fingerprint density at radius 3 is 2.16 bits per heavy atom. The number of ether oxygens (including phenoxy) is 1. The minimum Gasteiger partial charge on any atom is -0.425 e. The highest BCUT2D eigenvalue weighted by Gasteiger charge is 2.47. The molecule has 0 N–H and O–H groups in total. The Bertz CT molecular complexity index is 713. The van der Waals surface area contributed by atoms with Crippen molar-refractivity contribution in [3.8, 4) is 5.75 Å². The van der Waals surface area contributed by atoms with E-state index in [1.54, 1.807) is 0 Å². The molecule has 5 nitrogen and oxygen atoms in total. The van der Waals surface area contributed by atoms with Gasteiger partial charge < -0.3 is 4.74 Å². The van der Waals surface area contributed by atoms with Gasteiger partial charge in [0.15, 0.2) is 5.75 Å². The number of halogens is 3. The van der Waals surface area contributed by atoms with Crippen LogP contribution in [0.25, 0.3) is 0 Å². The number of benzene rings is 1. The fourth-order valence-electron chi connectivity index (χ4n) is 3.41. The predicted molar refractivity (Wildman–Crippen MR) is 93.9 cm³/mol. The molecule has 1 heterocycles. The molecule has 0 radical (unpaired) electrons. The molecular weight excluding hydrogens is 389 g/mol. The second-order valence-electron chi connectivity index (χ2n) is 6.25. The van der Waals surface area contributed by atoms with Gasteiger partial charge in [0, 0.05) is 12.6 Å². The topological polar surface area (TPSA) is 63.7 Å². The highest BCUT2D eigenvalue weighted by atomic mass is 35.5. The van der Waals surface area contributed by atoms with Crippen LogP contribution >= 0.6 is 34.8 Å². The van der Waals surface area contributed by atoms with E-state index in [2.05, 4.69) is 0 Å². The van der Waals surface area contributed by atoms with Gasteiger partial charge in [-0.2, -0.15) is 0 Å². The lowest BCUT2D eigenvalue weighted by atomic mass is 9.81. The van der Waals surface area contributed by atoms with Crippen molar-refractivity contribution in [3.63, 3.8) is 0 Å².